The van der Waals surface area contributed by atoms with Gasteiger partial charge in [0.25, 0.3) is 0 Å². The van der Waals surface area contributed by atoms with E-state index in [9.17, 15) is 0 Å². The first-order valence-corrected chi connectivity index (χ1v) is 10.1. The number of unbranched alkanes of at least 4 members (excludes halogenated alkanes) is 1. The molecule has 0 aliphatic carbocycles. The van der Waals surface area contributed by atoms with Crippen LogP contribution in [0.2, 0.25) is 10.0 Å². The molecule has 0 bridgehead atoms. The molecule has 0 saturated heterocycles. The molecule has 2 aromatic carbocycles. The van der Waals surface area contributed by atoms with Crippen LogP contribution >= 0.6 is 23.2 Å². The van der Waals surface area contributed by atoms with Crippen LogP contribution in [0.4, 0.5) is 0 Å². The number of aryl methyl sites for hydroxylation is 1. The lowest BCUT2D eigenvalue weighted by Crippen LogP contribution is -1.99. The molecule has 0 amide bonds. The maximum atomic E-state index is 6.50. The average molecular weight is 389 g/mol. The summed E-state index contributed by atoms with van der Waals surface area (Å²) in [6.45, 7) is 5.21. The lowest BCUT2D eigenvalue weighted by molar-refractivity contribution is 0.734. The number of aromatic amines is 1. The van der Waals surface area contributed by atoms with Crippen LogP contribution in [-0.2, 0) is 6.42 Å². The number of aromatic nitrogens is 1. The maximum Gasteiger partial charge on any atom is 0.0527 e. The largest absolute Gasteiger partial charge is 0.354 e. The Kier molecular flexibility index (Phi) is 6.29. The van der Waals surface area contributed by atoms with Crippen molar-refractivity contribution >= 4 is 34.1 Å². The predicted molar refractivity (Wildman–Crippen MR) is 114 cm³/mol. The van der Waals surface area contributed by atoms with Crippen LogP contribution < -0.4 is 5.73 Å². The molecule has 1 atom stereocenters. The third kappa shape index (κ3) is 3.78. The van der Waals surface area contributed by atoms with Crippen LogP contribution in [-0.4, -0.2) is 11.5 Å². The third-order valence-electron chi connectivity index (χ3n) is 5.21. The van der Waals surface area contributed by atoms with Gasteiger partial charge in [-0.2, -0.15) is 0 Å². The standard InChI is InChI=1S/C22H26Cl2N2/c1-3-14(2)15-10-11-20-17(13-15)16(7-4-5-12-25)22(26-20)21-18(23)8-6-9-19(21)24/h6,8-11,13-14,26H,3-5,7,12,25H2,1-2H3. The van der Waals surface area contributed by atoms with E-state index in [1.54, 1.807) is 0 Å². The minimum absolute atomic E-state index is 0.540. The summed E-state index contributed by atoms with van der Waals surface area (Å²) < 4.78 is 0. The summed E-state index contributed by atoms with van der Waals surface area (Å²) in [4.78, 5) is 3.57. The summed E-state index contributed by atoms with van der Waals surface area (Å²) >= 11 is 13.0. The van der Waals surface area contributed by atoms with E-state index in [0.717, 1.165) is 42.5 Å². The van der Waals surface area contributed by atoms with Gasteiger partial charge >= 0.3 is 0 Å². The zero-order valence-electron chi connectivity index (χ0n) is 15.4. The van der Waals surface area contributed by atoms with Gasteiger partial charge in [0.15, 0.2) is 0 Å². The Labute approximate surface area is 165 Å². The summed E-state index contributed by atoms with van der Waals surface area (Å²) in [7, 11) is 0. The van der Waals surface area contributed by atoms with Gasteiger partial charge in [-0.05, 0) is 73.5 Å². The van der Waals surface area contributed by atoms with Crippen molar-refractivity contribution in [2.75, 3.05) is 6.54 Å². The van der Waals surface area contributed by atoms with Crippen molar-refractivity contribution in [3.8, 4) is 11.3 Å². The van der Waals surface area contributed by atoms with Crippen LogP contribution in [0.5, 0.6) is 0 Å². The van der Waals surface area contributed by atoms with E-state index >= 15 is 0 Å². The smallest absolute Gasteiger partial charge is 0.0527 e. The van der Waals surface area contributed by atoms with Gasteiger partial charge in [-0.1, -0.05) is 49.2 Å². The Morgan fingerprint density at radius 2 is 1.81 bits per heavy atom. The molecule has 1 aromatic heterocycles. The number of nitrogens with one attached hydrogen (secondary N) is 1. The van der Waals surface area contributed by atoms with Crippen molar-refractivity contribution < 1.29 is 0 Å². The van der Waals surface area contributed by atoms with Gasteiger partial charge in [0.1, 0.15) is 0 Å². The van der Waals surface area contributed by atoms with E-state index < -0.39 is 0 Å². The Morgan fingerprint density at radius 1 is 1.08 bits per heavy atom. The number of hydrogen-bond acceptors (Lipinski definition) is 1. The lowest BCUT2D eigenvalue weighted by atomic mass is 9.94. The zero-order valence-corrected chi connectivity index (χ0v) is 16.9. The minimum atomic E-state index is 0.540. The number of benzene rings is 2. The van der Waals surface area contributed by atoms with Gasteiger partial charge in [-0.3, -0.25) is 0 Å². The van der Waals surface area contributed by atoms with Crippen molar-refractivity contribution in [2.45, 2.75) is 45.4 Å². The molecular weight excluding hydrogens is 363 g/mol. The van der Waals surface area contributed by atoms with Crippen LogP contribution in [0.3, 0.4) is 0 Å². The molecule has 4 heteroatoms. The van der Waals surface area contributed by atoms with Gasteiger partial charge in [-0.15, -0.1) is 0 Å². The normalized spacial score (nSPS) is 12.7. The fraction of sp³-hybridized carbons (Fsp3) is 0.364. The molecule has 0 aliphatic heterocycles. The van der Waals surface area contributed by atoms with Gasteiger partial charge in [0, 0.05) is 16.5 Å². The number of nitrogens with two attached hydrogens (primary N) is 1. The first kappa shape index (κ1) is 19.3. The third-order valence-corrected chi connectivity index (χ3v) is 5.84. The summed E-state index contributed by atoms with van der Waals surface area (Å²) in [6.07, 6.45) is 4.14. The van der Waals surface area contributed by atoms with E-state index in [1.807, 2.05) is 18.2 Å². The maximum absolute atomic E-state index is 6.50. The molecule has 138 valence electrons. The van der Waals surface area contributed by atoms with Crippen LogP contribution in [0.15, 0.2) is 36.4 Å². The van der Waals surface area contributed by atoms with E-state index in [0.29, 0.717) is 22.5 Å². The van der Waals surface area contributed by atoms with E-state index in [1.165, 1.54) is 16.5 Å². The molecule has 2 nitrogen and oxygen atoms in total. The first-order valence-electron chi connectivity index (χ1n) is 9.35. The molecule has 0 saturated carbocycles. The Bertz CT molecular complexity index is 878. The highest BCUT2D eigenvalue weighted by Gasteiger charge is 2.18. The molecule has 1 heterocycles. The first-order chi connectivity index (χ1) is 12.6. The molecule has 3 aromatic rings. The fourth-order valence-corrected chi connectivity index (χ4v) is 4.05. The van der Waals surface area contributed by atoms with Gasteiger partial charge in [-0.25, -0.2) is 0 Å². The monoisotopic (exact) mass is 388 g/mol. The second-order valence-corrected chi connectivity index (χ2v) is 7.75. The number of H-pyrrole nitrogens is 1. The summed E-state index contributed by atoms with van der Waals surface area (Å²) in [5.74, 6) is 0.540. The van der Waals surface area contributed by atoms with Crippen molar-refractivity contribution in [3.63, 3.8) is 0 Å². The summed E-state index contributed by atoms with van der Waals surface area (Å²) in [5.41, 5.74) is 11.4. The molecule has 3 rings (SSSR count). The van der Waals surface area contributed by atoms with Crippen molar-refractivity contribution in [3.05, 3.63) is 57.6 Å². The zero-order chi connectivity index (χ0) is 18.7. The highest BCUT2D eigenvalue weighted by Crippen LogP contribution is 2.40. The van der Waals surface area contributed by atoms with Gasteiger partial charge < -0.3 is 10.7 Å². The molecule has 3 N–H and O–H groups in total. The lowest BCUT2D eigenvalue weighted by Gasteiger charge is -2.11. The van der Waals surface area contributed by atoms with E-state index in [4.69, 9.17) is 28.9 Å². The molecule has 1 unspecified atom stereocenters. The molecule has 0 fully saturated rings. The number of halogens is 2. The average Bonchev–Trinajstić information content (AvgIpc) is 2.98. The Morgan fingerprint density at radius 3 is 2.46 bits per heavy atom. The minimum Gasteiger partial charge on any atom is -0.354 e. The van der Waals surface area contributed by atoms with Crippen molar-refractivity contribution in [1.29, 1.82) is 0 Å². The summed E-state index contributed by atoms with van der Waals surface area (Å²) in [6, 6.07) is 12.4. The second-order valence-electron chi connectivity index (χ2n) is 6.94. The summed E-state index contributed by atoms with van der Waals surface area (Å²) in [5, 5.41) is 2.61. The predicted octanol–water partition coefficient (Wildman–Crippen LogP) is 6.94. The number of rotatable bonds is 7. The molecule has 0 radical (unpaired) electrons. The Balaban J connectivity index is 2.19. The second kappa shape index (κ2) is 8.47. The van der Waals surface area contributed by atoms with Crippen LogP contribution in [0.1, 0.15) is 50.2 Å². The highest BCUT2D eigenvalue weighted by molar-refractivity contribution is 6.39. The van der Waals surface area contributed by atoms with Gasteiger partial charge in [0.2, 0.25) is 0 Å². The SMILES string of the molecule is CCC(C)c1ccc2[nH]c(-c3c(Cl)cccc3Cl)c(CCCCN)c2c1. The van der Waals surface area contributed by atoms with Crippen LogP contribution in [0.25, 0.3) is 22.2 Å². The quantitative estimate of drug-likeness (QED) is 0.422. The van der Waals surface area contributed by atoms with Crippen molar-refractivity contribution in [1.82, 2.24) is 4.98 Å². The number of hydrogen-bond donors (Lipinski definition) is 2. The fourth-order valence-electron chi connectivity index (χ4n) is 3.46. The molecule has 0 aliphatic rings. The van der Waals surface area contributed by atoms with Gasteiger partial charge in [0.05, 0.1) is 15.7 Å². The molecule has 26 heavy (non-hydrogen) atoms. The Hall–Kier alpha value is -1.48. The van der Waals surface area contributed by atoms with Crippen molar-refractivity contribution in [2.24, 2.45) is 5.73 Å². The van der Waals surface area contributed by atoms with Crippen LogP contribution in [0, 0.1) is 0 Å². The molecular formula is C22H26Cl2N2. The topological polar surface area (TPSA) is 41.8 Å². The highest BCUT2D eigenvalue weighted by atomic mass is 35.5. The molecule has 0 spiro atoms. The van der Waals surface area contributed by atoms with E-state index in [-0.39, 0.29) is 0 Å². The number of fused-ring (bicyclic) bond motifs is 1. The van der Waals surface area contributed by atoms with E-state index in [2.05, 4.69) is 37.0 Å².